The van der Waals surface area contributed by atoms with E-state index < -0.39 is 0 Å². The molecule has 0 aromatic heterocycles. The van der Waals surface area contributed by atoms with Gasteiger partial charge in [-0.3, -0.25) is 9.69 Å². The molecule has 1 aromatic carbocycles. The van der Waals surface area contributed by atoms with Gasteiger partial charge in [0, 0.05) is 12.6 Å². The highest BCUT2D eigenvalue weighted by Crippen LogP contribution is 2.25. The van der Waals surface area contributed by atoms with Gasteiger partial charge in [0.2, 0.25) is 0 Å². The van der Waals surface area contributed by atoms with Crippen molar-refractivity contribution in [2.24, 2.45) is 5.92 Å². The molecule has 1 aliphatic rings. The lowest BCUT2D eigenvalue weighted by atomic mass is 9.92. The number of likely N-dealkylation sites (tertiary alicyclic amines) is 1. The zero-order valence-electron chi connectivity index (χ0n) is 12.5. The van der Waals surface area contributed by atoms with Crippen molar-refractivity contribution >= 4 is 5.97 Å². The summed E-state index contributed by atoms with van der Waals surface area (Å²) in [4.78, 5) is 14.1. The Balaban J connectivity index is 1.96. The summed E-state index contributed by atoms with van der Waals surface area (Å²) in [7, 11) is 1.47. The third-order valence-corrected chi connectivity index (χ3v) is 4.21. The maximum atomic E-state index is 11.6. The number of benzene rings is 1. The fraction of sp³-hybridized carbons (Fsp3) is 0.588. The first-order valence-electron chi connectivity index (χ1n) is 7.56. The Bertz CT molecular complexity index is 418. The number of carbonyl (C=O) groups is 1. The molecular weight excluding hydrogens is 250 g/mol. The Labute approximate surface area is 121 Å². The fourth-order valence-corrected chi connectivity index (χ4v) is 3.06. The summed E-state index contributed by atoms with van der Waals surface area (Å²) in [5, 5.41) is 0. The van der Waals surface area contributed by atoms with Crippen molar-refractivity contribution in [3.05, 3.63) is 35.9 Å². The van der Waals surface area contributed by atoms with E-state index in [0.717, 1.165) is 19.5 Å². The lowest BCUT2D eigenvalue weighted by Crippen LogP contribution is -2.40. The summed E-state index contributed by atoms with van der Waals surface area (Å²) in [5.41, 5.74) is 1.35. The summed E-state index contributed by atoms with van der Waals surface area (Å²) in [6.45, 7) is 4.09. The highest BCUT2D eigenvalue weighted by atomic mass is 16.5. The number of hydrogen-bond acceptors (Lipinski definition) is 3. The van der Waals surface area contributed by atoms with Crippen LogP contribution in [0.2, 0.25) is 0 Å². The molecule has 1 saturated heterocycles. The first-order valence-corrected chi connectivity index (χ1v) is 7.56. The molecule has 3 nitrogen and oxygen atoms in total. The Morgan fingerprint density at radius 2 is 2.10 bits per heavy atom. The first-order chi connectivity index (χ1) is 9.70. The van der Waals surface area contributed by atoms with E-state index in [1.165, 1.54) is 31.9 Å². The largest absolute Gasteiger partial charge is 0.469 e. The molecule has 0 amide bonds. The van der Waals surface area contributed by atoms with Crippen LogP contribution in [0.4, 0.5) is 0 Å². The average Bonchev–Trinajstić information content (AvgIpc) is 2.49. The van der Waals surface area contributed by atoms with Gasteiger partial charge < -0.3 is 4.74 Å². The molecular formula is C17H25NO2. The van der Waals surface area contributed by atoms with Gasteiger partial charge in [-0.15, -0.1) is 0 Å². The topological polar surface area (TPSA) is 29.5 Å². The van der Waals surface area contributed by atoms with Crippen LogP contribution in [0.5, 0.6) is 0 Å². The quantitative estimate of drug-likeness (QED) is 0.773. The average molecular weight is 275 g/mol. The molecule has 2 unspecified atom stereocenters. The van der Waals surface area contributed by atoms with Crippen LogP contribution >= 0.6 is 0 Å². The minimum absolute atomic E-state index is 0.0126. The van der Waals surface area contributed by atoms with Crippen molar-refractivity contribution in [2.75, 3.05) is 13.7 Å². The molecule has 2 rings (SSSR count). The van der Waals surface area contributed by atoms with Crippen molar-refractivity contribution in [3.8, 4) is 0 Å². The summed E-state index contributed by atoms with van der Waals surface area (Å²) in [6, 6.07) is 11.1. The second-order valence-electron chi connectivity index (χ2n) is 5.77. The number of methoxy groups -OCH3 is 1. The maximum Gasteiger partial charge on any atom is 0.308 e. The number of piperidine rings is 1. The number of rotatable bonds is 5. The standard InChI is InChI=1S/C17H25NO2/c1-14(17(19)20-2)12-16-10-6-7-11-18(16)13-15-8-4-3-5-9-15/h3-5,8-9,14,16H,6-7,10-13H2,1-2H3. The number of hydrogen-bond donors (Lipinski definition) is 0. The van der Waals surface area contributed by atoms with Gasteiger partial charge in [0.15, 0.2) is 0 Å². The molecule has 20 heavy (non-hydrogen) atoms. The number of nitrogens with zero attached hydrogens (tertiary/aromatic N) is 1. The molecule has 0 bridgehead atoms. The lowest BCUT2D eigenvalue weighted by molar-refractivity contribution is -0.145. The van der Waals surface area contributed by atoms with Gasteiger partial charge in [0.05, 0.1) is 13.0 Å². The van der Waals surface area contributed by atoms with Crippen molar-refractivity contribution in [3.63, 3.8) is 0 Å². The highest BCUT2D eigenvalue weighted by Gasteiger charge is 2.26. The SMILES string of the molecule is COC(=O)C(C)CC1CCCCN1Cc1ccccc1. The van der Waals surface area contributed by atoms with Crippen LogP contribution in [-0.2, 0) is 16.1 Å². The first kappa shape index (κ1) is 15.0. The predicted molar refractivity (Wildman–Crippen MR) is 80.3 cm³/mol. The maximum absolute atomic E-state index is 11.6. The fourth-order valence-electron chi connectivity index (χ4n) is 3.06. The van der Waals surface area contributed by atoms with Crippen molar-refractivity contribution in [2.45, 2.75) is 45.2 Å². The van der Waals surface area contributed by atoms with Crippen LogP contribution in [0.25, 0.3) is 0 Å². The van der Waals surface area contributed by atoms with Gasteiger partial charge in [-0.1, -0.05) is 43.7 Å². The molecule has 1 fully saturated rings. The Kier molecular flexibility index (Phi) is 5.60. The molecule has 2 atom stereocenters. The molecule has 1 aromatic rings. The predicted octanol–water partition coefficient (Wildman–Crippen LogP) is 3.24. The Morgan fingerprint density at radius 1 is 1.35 bits per heavy atom. The van der Waals surface area contributed by atoms with Crippen LogP contribution in [0, 0.1) is 5.92 Å². The summed E-state index contributed by atoms with van der Waals surface area (Å²) < 4.78 is 4.85. The van der Waals surface area contributed by atoms with Crippen LogP contribution in [0.15, 0.2) is 30.3 Å². The van der Waals surface area contributed by atoms with E-state index in [4.69, 9.17) is 4.74 Å². The van der Waals surface area contributed by atoms with E-state index >= 15 is 0 Å². The normalized spacial score (nSPS) is 21.4. The Morgan fingerprint density at radius 3 is 2.80 bits per heavy atom. The van der Waals surface area contributed by atoms with Crippen LogP contribution in [0.3, 0.4) is 0 Å². The van der Waals surface area contributed by atoms with Gasteiger partial charge in [0.1, 0.15) is 0 Å². The lowest BCUT2D eigenvalue weighted by Gasteiger charge is -2.36. The van der Waals surface area contributed by atoms with Crippen LogP contribution in [0.1, 0.15) is 38.2 Å². The molecule has 0 spiro atoms. The van der Waals surface area contributed by atoms with Crippen molar-refractivity contribution < 1.29 is 9.53 Å². The van der Waals surface area contributed by atoms with Crippen LogP contribution in [-0.4, -0.2) is 30.6 Å². The van der Waals surface area contributed by atoms with E-state index in [0.29, 0.717) is 6.04 Å². The molecule has 0 aliphatic carbocycles. The summed E-state index contributed by atoms with van der Waals surface area (Å²) in [5.74, 6) is -0.100. The summed E-state index contributed by atoms with van der Waals surface area (Å²) in [6.07, 6.45) is 4.62. The number of carbonyl (C=O) groups excluding carboxylic acids is 1. The minimum atomic E-state index is -0.0877. The van der Waals surface area contributed by atoms with Gasteiger partial charge in [0.25, 0.3) is 0 Å². The van der Waals surface area contributed by atoms with Crippen LogP contribution < -0.4 is 0 Å². The van der Waals surface area contributed by atoms with E-state index in [1.807, 2.05) is 6.92 Å². The molecule has 0 N–H and O–H groups in total. The van der Waals surface area contributed by atoms with Gasteiger partial charge in [-0.05, 0) is 31.4 Å². The van der Waals surface area contributed by atoms with E-state index in [-0.39, 0.29) is 11.9 Å². The molecule has 110 valence electrons. The Hall–Kier alpha value is -1.35. The zero-order valence-corrected chi connectivity index (χ0v) is 12.5. The van der Waals surface area contributed by atoms with Crippen molar-refractivity contribution in [1.82, 2.24) is 4.90 Å². The monoisotopic (exact) mass is 275 g/mol. The molecule has 3 heteroatoms. The minimum Gasteiger partial charge on any atom is -0.469 e. The molecule has 1 aliphatic heterocycles. The molecule has 1 heterocycles. The van der Waals surface area contributed by atoms with Crippen molar-refractivity contribution in [1.29, 1.82) is 0 Å². The third kappa shape index (κ3) is 4.07. The van der Waals surface area contributed by atoms with Gasteiger partial charge in [-0.2, -0.15) is 0 Å². The van der Waals surface area contributed by atoms with E-state index in [1.54, 1.807) is 0 Å². The zero-order chi connectivity index (χ0) is 14.4. The van der Waals surface area contributed by atoms with Gasteiger partial charge >= 0.3 is 5.97 Å². The number of ether oxygens (including phenoxy) is 1. The smallest absolute Gasteiger partial charge is 0.308 e. The highest BCUT2D eigenvalue weighted by molar-refractivity contribution is 5.71. The second-order valence-corrected chi connectivity index (χ2v) is 5.77. The van der Waals surface area contributed by atoms with Gasteiger partial charge in [-0.25, -0.2) is 0 Å². The second kappa shape index (κ2) is 7.44. The molecule has 0 radical (unpaired) electrons. The third-order valence-electron chi connectivity index (χ3n) is 4.21. The van der Waals surface area contributed by atoms with E-state index in [2.05, 4.69) is 35.2 Å². The van der Waals surface area contributed by atoms with E-state index in [9.17, 15) is 4.79 Å². The molecule has 0 saturated carbocycles. The summed E-state index contributed by atoms with van der Waals surface area (Å²) >= 11 is 0. The number of esters is 1.